The number of pyridine rings is 2. The van der Waals surface area contributed by atoms with Crippen molar-refractivity contribution in [1.29, 1.82) is 0 Å². The minimum Gasteiger partial charge on any atom is -0.261 e. The van der Waals surface area contributed by atoms with Crippen molar-refractivity contribution in [2.75, 3.05) is 0 Å². The molecular weight excluding hydrogens is 191 g/mol. The van der Waals surface area contributed by atoms with Gasteiger partial charge in [0.1, 0.15) is 0 Å². The Morgan fingerprint density at radius 2 is 1.87 bits per heavy atom. The van der Waals surface area contributed by atoms with E-state index in [1.54, 1.807) is 19.2 Å². The zero-order valence-electron chi connectivity index (χ0n) is 8.66. The Morgan fingerprint density at radius 3 is 2.53 bits per heavy atom. The monoisotopic (exact) mass is 202 g/mol. The molecule has 0 fully saturated rings. The number of hydrogen-bond donors (Lipinski definition) is 0. The lowest BCUT2D eigenvalue weighted by Crippen LogP contribution is -1.92. The van der Waals surface area contributed by atoms with E-state index < -0.39 is 5.95 Å². The summed E-state index contributed by atoms with van der Waals surface area (Å²) in [4.78, 5) is 7.78. The maximum absolute atomic E-state index is 13.2. The van der Waals surface area contributed by atoms with Gasteiger partial charge < -0.3 is 0 Å². The minimum absolute atomic E-state index is 0.423. The van der Waals surface area contributed by atoms with Crippen LogP contribution in [0.4, 0.5) is 4.39 Å². The van der Waals surface area contributed by atoms with E-state index in [2.05, 4.69) is 9.97 Å². The van der Waals surface area contributed by atoms with Gasteiger partial charge in [0.25, 0.3) is 0 Å². The largest absolute Gasteiger partial charge is 0.261 e. The fourth-order valence-electron chi connectivity index (χ4n) is 1.45. The summed E-state index contributed by atoms with van der Waals surface area (Å²) in [7, 11) is 0. The van der Waals surface area contributed by atoms with Crippen LogP contribution in [-0.4, -0.2) is 9.97 Å². The summed E-state index contributed by atoms with van der Waals surface area (Å²) in [5.74, 6) is -0.423. The van der Waals surface area contributed by atoms with Crippen LogP contribution in [0.25, 0.3) is 11.1 Å². The Hall–Kier alpha value is -1.77. The lowest BCUT2D eigenvalue weighted by atomic mass is 10.0. The molecule has 3 heteroatoms. The van der Waals surface area contributed by atoms with Gasteiger partial charge in [0.2, 0.25) is 5.95 Å². The van der Waals surface area contributed by atoms with E-state index in [-0.39, 0.29) is 0 Å². The van der Waals surface area contributed by atoms with Crippen molar-refractivity contribution in [3.63, 3.8) is 0 Å². The van der Waals surface area contributed by atoms with Crippen LogP contribution in [0.15, 0.2) is 30.6 Å². The molecule has 0 saturated carbocycles. The van der Waals surface area contributed by atoms with E-state index in [0.29, 0.717) is 5.56 Å². The molecule has 0 spiro atoms. The Labute approximate surface area is 87.8 Å². The van der Waals surface area contributed by atoms with Gasteiger partial charge in [-0.3, -0.25) is 4.98 Å². The number of hydrogen-bond acceptors (Lipinski definition) is 2. The SMILES string of the molecule is Cc1ccc(-c2ccnc(F)c2C)cn1. The highest BCUT2D eigenvalue weighted by molar-refractivity contribution is 5.65. The van der Waals surface area contributed by atoms with Gasteiger partial charge in [0.05, 0.1) is 0 Å². The van der Waals surface area contributed by atoms with E-state index in [4.69, 9.17) is 0 Å². The predicted octanol–water partition coefficient (Wildman–Crippen LogP) is 2.90. The summed E-state index contributed by atoms with van der Waals surface area (Å²) in [6, 6.07) is 5.64. The van der Waals surface area contributed by atoms with Crippen molar-refractivity contribution in [1.82, 2.24) is 9.97 Å². The maximum Gasteiger partial charge on any atom is 0.216 e. The number of rotatable bonds is 1. The third-order valence-corrected chi connectivity index (χ3v) is 2.36. The molecule has 0 aliphatic rings. The van der Waals surface area contributed by atoms with Crippen LogP contribution in [0.3, 0.4) is 0 Å². The molecule has 2 aromatic rings. The second-order valence-corrected chi connectivity index (χ2v) is 3.46. The second-order valence-electron chi connectivity index (χ2n) is 3.46. The van der Waals surface area contributed by atoms with Crippen molar-refractivity contribution in [2.45, 2.75) is 13.8 Å². The lowest BCUT2D eigenvalue weighted by Gasteiger charge is -2.05. The van der Waals surface area contributed by atoms with Crippen LogP contribution in [0.2, 0.25) is 0 Å². The van der Waals surface area contributed by atoms with Crippen LogP contribution in [0.1, 0.15) is 11.3 Å². The number of halogens is 1. The Balaban J connectivity index is 2.54. The molecule has 2 aromatic heterocycles. The smallest absolute Gasteiger partial charge is 0.216 e. The van der Waals surface area contributed by atoms with Crippen molar-refractivity contribution >= 4 is 0 Å². The van der Waals surface area contributed by atoms with Gasteiger partial charge in [-0.05, 0) is 31.5 Å². The molecule has 0 atom stereocenters. The summed E-state index contributed by atoms with van der Waals surface area (Å²) in [6.07, 6.45) is 3.22. The fourth-order valence-corrected chi connectivity index (χ4v) is 1.45. The molecule has 2 rings (SSSR count). The highest BCUT2D eigenvalue weighted by Crippen LogP contribution is 2.23. The molecule has 0 saturated heterocycles. The van der Waals surface area contributed by atoms with Crippen molar-refractivity contribution < 1.29 is 4.39 Å². The third-order valence-electron chi connectivity index (χ3n) is 2.36. The van der Waals surface area contributed by atoms with E-state index in [1.165, 1.54) is 6.20 Å². The number of nitrogens with zero attached hydrogens (tertiary/aromatic N) is 2. The average Bonchev–Trinajstić information content (AvgIpc) is 2.24. The topological polar surface area (TPSA) is 25.8 Å². The van der Waals surface area contributed by atoms with Gasteiger partial charge in [-0.1, -0.05) is 6.07 Å². The molecule has 0 N–H and O–H groups in total. The molecule has 0 amide bonds. The third kappa shape index (κ3) is 1.86. The van der Waals surface area contributed by atoms with E-state index in [1.807, 2.05) is 19.1 Å². The van der Waals surface area contributed by atoms with Gasteiger partial charge in [-0.25, -0.2) is 4.98 Å². The number of aryl methyl sites for hydroxylation is 1. The summed E-state index contributed by atoms with van der Waals surface area (Å²) in [6.45, 7) is 3.64. The highest BCUT2D eigenvalue weighted by Gasteiger charge is 2.06. The van der Waals surface area contributed by atoms with Gasteiger partial charge in [0.15, 0.2) is 0 Å². The first-order chi connectivity index (χ1) is 7.18. The standard InChI is InChI=1S/C12H11FN2/c1-8-3-4-10(7-15-8)11-5-6-14-12(13)9(11)2/h3-7H,1-2H3. The van der Waals surface area contributed by atoms with E-state index >= 15 is 0 Å². The summed E-state index contributed by atoms with van der Waals surface area (Å²) < 4.78 is 13.2. The Kier molecular flexibility index (Phi) is 2.46. The van der Waals surface area contributed by atoms with Crippen molar-refractivity contribution in [3.8, 4) is 11.1 Å². The molecule has 0 bridgehead atoms. The zero-order valence-corrected chi connectivity index (χ0v) is 8.66. The summed E-state index contributed by atoms with van der Waals surface area (Å²) in [5.41, 5.74) is 3.27. The fraction of sp³-hybridized carbons (Fsp3) is 0.167. The number of aromatic nitrogens is 2. The minimum atomic E-state index is -0.423. The van der Waals surface area contributed by atoms with Crippen LogP contribution in [0.5, 0.6) is 0 Å². The quantitative estimate of drug-likeness (QED) is 0.664. The van der Waals surface area contributed by atoms with Crippen LogP contribution in [0, 0.1) is 19.8 Å². The molecule has 76 valence electrons. The maximum atomic E-state index is 13.2. The van der Waals surface area contributed by atoms with Crippen LogP contribution < -0.4 is 0 Å². The zero-order chi connectivity index (χ0) is 10.8. The van der Waals surface area contributed by atoms with Crippen molar-refractivity contribution in [3.05, 3.63) is 47.8 Å². The van der Waals surface area contributed by atoms with Crippen LogP contribution in [-0.2, 0) is 0 Å². The predicted molar refractivity (Wildman–Crippen MR) is 56.9 cm³/mol. The van der Waals surface area contributed by atoms with Crippen molar-refractivity contribution in [2.24, 2.45) is 0 Å². The second kappa shape index (κ2) is 3.77. The average molecular weight is 202 g/mol. The van der Waals surface area contributed by atoms with Gasteiger partial charge in [0, 0.05) is 29.2 Å². The molecule has 0 radical (unpaired) electrons. The lowest BCUT2D eigenvalue weighted by molar-refractivity contribution is 0.575. The first-order valence-electron chi connectivity index (χ1n) is 4.72. The first-order valence-corrected chi connectivity index (χ1v) is 4.72. The van der Waals surface area contributed by atoms with Gasteiger partial charge in [-0.2, -0.15) is 4.39 Å². The summed E-state index contributed by atoms with van der Waals surface area (Å²) in [5, 5.41) is 0. The van der Waals surface area contributed by atoms with Gasteiger partial charge in [-0.15, -0.1) is 0 Å². The Bertz CT molecular complexity index is 477. The Morgan fingerprint density at radius 1 is 1.07 bits per heavy atom. The van der Waals surface area contributed by atoms with Gasteiger partial charge >= 0.3 is 0 Å². The highest BCUT2D eigenvalue weighted by atomic mass is 19.1. The molecular formula is C12H11FN2. The normalized spacial score (nSPS) is 10.3. The summed E-state index contributed by atoms with van der Waals surface area (Å²) >= 11 is 0. The molecule has 2 nitrogen and oxygen atoms in total. The van der Waals surface area contributed by atoms with E-state index in [0.717, 1.165) is 16.8 Å². The van der Waals surface area contributed by atoms with Crippen LogP contribution >= 0.6 is 0 Å². The van der Waals surface area contributed by atoms with E-state index in [9.17, 15) is 4.39 Å². The molecule has 0 aliphatic heterocycles. The first kappa shape index (κ1) is 9.77. The molecule has 15 heavy (non-hydrogen) atoms. The molecule has 2 heterocycles. The molecule has 0 aromatic carbocycles. The molecule has 0 unspecified atom stereocenters. The molecule has 0 aliphatic carbocycles.